The average molecular weight is 289 g/mol. The summed E-state index contributed by atoms with van der Waals surface area (Å²) in [6.07, 6.45) is 0.0649. The van der Waals surface area contributed by atoms with Crippen LogP contribution in [0.2, 0.25) is 0 Å². The van der Waals surface area contributed by atoms with E-state index in [2.05, 4.69) is 5.32 Å². The zero-order valence-corrected chi connectivity index (χ0v) is 10.8. The lowest BCUT2D eigenvalue weighted by Gasteiger charge is -2.27. The molecule has 4 nitrogen and oxygen atoms in total. The Labute approximate surface area is 112 Å². The third-order valence-corrected chi connectivity index (χ3v) is 4.03. The molecule has 1 heterocycles. The number of carbonyl (C=O) groups excluding carboxylic acids is 1. The number of halogens is 2. The maximum Gasteiger partial charge on any atom is 0.348 e. The van der Waals surface area contributed by atoms with Crippen LogP contribution in [0.15, 0.2) is 11.4 Å². The van der Waals surface area contributed by atoms with Crippen molar-refractivity contribution in [3.05, 3.63) is 16.3 Å². The van der Waals surface area contributed by atoms with Crippen molar-refractivity contribution in [3.8, 4) is 0 Å². The summed E-state index contributed by atoms with van der Waals surface area (Å²) >= 11 is 0.984. The Bertz CT molecular complexity index is 501. The van der Waals surface area contributed by atoms with E-state index in [4.69, 9.17) is 5.11 Å². The third kappa shape index (κ3) is 3.28. The minimum Gasteiger partial charge on any atom is -0.477 e. The molecule has 0 saturated heterocycles. The molecule has 0 aliphatic heterocycles. The molecule has 0 bridgehead atoms. The van der Waals surface area contributed by atoms with Crippen molar-refractivity contribution in [1.29, 1.82) is 0 Å². The van der Waals surface area contributed by atoms with Gasteiger partial charge in [-0.25, -0.2) is 13.6 Å². The van der Waals surface area contributed by atoms with Crippen LogP contribution in [-0.4, -0.2) is 22.9 Å². The van der Waals surface area contributed by atoms with Gasteiger partial charge in [0.15, 0.2) is 0 Å². The van der Waals surface area contributed by atoms with Gasteiger partial charge in [0.25, 0.3) is 0 Å². The Morgan fingerprint density at radius 2 is 2.21 bits per heavy atom. The first-order valence-electron chi connectivity index (χ1n) is 5.88. The lowest BCUT2D eigenvalue weighted by molar-refractivity contribution is -0.127. The molecule has 104 valence electrons. The van der Waals surface area contributed by atoms with Crippen molar-refractivity contribution in [2.75, 3.05) is 5.32 Å². The molecule has 0 radical (unpaired) electrons. The summed E-state index contributed by atoms with van der Waals surface area (Å²) < 4.78 is 26.5. The smallest absolute Gasteiger partial charge is 0.348 e. The number of nitrogens with one attached hydrogen (secondary N) is 1. The Morgan fingerprint density at radius 3 is 2.84 bits per heavy atom. The highest BCUT2D eigenvalue weighted by atomic mass is 32.1. The Balaban J connectivity index is 2.05. The Kier molecular flexibility index (Phi) is 3.84. The lowest BCUT2D eigenvalue weighted by atomic mass is 9.86. The molecular formula is C12H13F2NO3S. The molecule has 1 aromatic rings. The van der Waals surface area contributed by atoms with Gasteiger partial charge >= 0.3 is 5.97 Å². The number of hydrogen-bond donors (Lipinski definition) is 2. The van der Waals surface area contributed by atoms with E-state index in [1.54, 1.807) is 0 Å². The van der Waals surface area contributed by atoms with E-state index in [1.165, 1.54) is 11.4 Å². The highest BCUT2D eigenvalue weighted by Gasteiger charge is 2.39. The van der Waals surface area contributed by atoms with E-state index in [0.717, 1.165) is 11.3 Å². The van der Waals surface area contributed by atoms with E-state index in [0.29, 0.717) is 12.8 Å². The van der Waals surface area contributed by atoms with Crippen LogP contribution in [0, 0.1) is 5.92 Å². The lowest BCUT2D eigenvalue weighted by Crippen LogP contribution is -2.33. The molecule has 2 N–H and O–H groups in total. The van der Waals surface area contributed by atoms with Crippen LogP contribution in [0.3, 0.4) is 0 Å². The molecule has 19 heavy (non-hydrogen) atoms. The van der Waals surface area contributed by atoms with Gasteiger partial charge in [-0.05, 0) is 24.3 Å². The molecule has 1 fully saturated rings. The van der Waals surface area contributed by atoms with Gasteiger partial charge in [-0.1, -0.05) is 0 Å². The minimum absolute atomic E-state index is 0.0101. The fraction of sp³-hybridized carbons (Fsp3) is 0.500. The van der Waals surface area contributed by atoms with E-state index in [9.17, 15) is 18.4 Å². The fourth-order valence-electron chi connectivity index (χ4n) is 2.20. The first kappa shape index (κ1) is 13.9. The maximum absolute atomic E-state index is 13.2. The van der Waals surface area contributed by atoms with Gasteiger partial charge in [0, 0.05) is 18.8 Å². The topological polar surface area (TPSA) is 66.4 Å². The predicted octanol–water partition coefficient (Wildman–Crippen LogP) is 3.21. The van der Waals surface area contributed by atoms with E-state index in [1.807, 2.05) is 0 Å². The van der Waals surface area contributed by atoms with Crippen LogP contribution in [0.5, 0.6) is 0 Å². The first-order chi connectivity index (χ1) is 8.89. The number of rotatable bonds is 3. The SMILES string of the molecule is O=C(O)c1sccc1NC(=O)C1CCCC(F)(F)C1. The molecule has 1 unspecified atom stereocenters. The summed E-state index contributed by atoms with van der Waals surface area (Å²) in [5.74, 6) is -5.23. The van der Waals surface area contributed by atoms with Crippen LogP contribution in [0.1, 0.15) is 35.4 Å². The average Bonchev–Trinajstić information content (AvgIpc) is 2.75. The molecule has 2 rings (SSSR count). The predicted molar refractivity (Wildman–Crippen MR) is 66.8 cm³/mol. The molecule has 0 aromatic carbocycles. The number of alkyl halides is 2. The van der Waals surface area contributed by atoms with E-state index < -0.39 is 30.1 Å². The van der Waals surface area contributed by atoms with Gasteiger partial charge in [0.1, 0.15) is 4.88 Å². The highest BCUT2D eigenvalue weighted by Crippen LogP contribution is 2.37. The van der Waals surface area contributed by atoms with Crippen LogP contribution in [-0.2, 0) is 4.79 Å². The normalized spacial score (nSPS) is 21.9. The molecule has 0 spiro atoms. The summed E-state index contributed by atoms with van der Waals surface area (Å²) in [4.78, 5) is 22.8. The largest absolute Gasteiger partial charge is 0.477 e. The number of thiophene rings is 1. The van der Waals surface area contributed by atoms with Crippen LogP contribution in [0.4, 0.5) is 14.5 Å². The summed E-state index contributed by atoms with van der Waals surface area (Å²) in [6, 6.07) is 1.47. The van der Waals surface area contributed by atoms with Gasteiger partial charge in [-0.15, -0.1) is 11.3 Å². The second-order valence-corrected chi connectivity index (χ2v) is 5.52. The summed E-state index contributed by atoms with van der Waals surface area (Å²) in [5, 5.41) is 12.9. The van der Waals surface area contributed by atoms with Crippen molar-refractivity contribution in [2.45, 2.75) is 31.6 Å². The van der Waals surface area contributed by atoms with Crippen LogP contribution < -0.4 is 5.32 Å². The summed E-state index contributed by atoms with van der Waals surface area (Å²) in [7, 11) is 0. The number of hydrogen-bond acceptors (Lipinski definition) is 3. The highest BCUT2D eigenvalue weighted by molar-refractivity contribution is 7.12. The van der Waals surface area contributed by atoms with Crippen molar-refractivity contribution < 1.29 is 23.5 Å². The third-order valence-electron chi connectivity index (χ3n) is 3.13. The van der Waals surface area contributed by atoms with E-state index >= 15 is 0 Å². The zero-order valence-electron chi connectivity index (χ0n) is 9.99. The number of carboxylic acids is 1. The number of carboxylic acid groups (broad SMARTS) is 1. The molecular weight excluding hydrogens is 276 g/mol. The first-order valence-corrected chi connectivity index (χ1v) is 6.76. The van der Waals surface area contributed by atoms with Gasteiger partial charge < -0.3 is 10.4 Å². The number of anilines is 1. The molecule has 1 amide bonds. The molecule has 1 saturated carbocycles. The standard InChI is InChI=1S/C12H13F2NO3S/c13-12(14)4-1-2-7(6-12)10(16)15-8-3-5-19-9(8)11(17)18/h3,5,7H,1-2,4,6H2,(H,15,16)(H,17,18). The number of amides is 1. The van der Waals surface area contributed by atoms with Crippen molar-refractivity contribution in [1.82, 2.24) is 0 Å². The zero-order chi connectivity index (χ0) is 14.0. The number of carbonyl (C=O) groups is 2. The van der Waals surface area contributed by atoms with Crippen molar-refractivity contribution in [2.24, 2.45) is 5.92 Å². The minimum atomic E-state index is -2.80. The van der Waals surface area contributed by atoms with E-state index in [-0.39, 0.29) is 17.0 Å². The van der Waals surface area contributed by atoms with Gasteiger partial charge in [-0.2, -0.15) is 0 Å². The summed E-state index contributed by atoms with van der Waals surface area (Å²) in [6.45, 7) is 0. The molecule has 1 aliphatic rings. The molecule has 7 heteroatoms. The fourth-order valence-corrected chi connectivity index (χ4v) is 2.89. The van der Waals surface area contributed by atoms with Gasteiger partial charge in [0.05, 0.1) is 5.69 Å². The second-order valence-electron chi connectivity index (χ2n) is 4.61. The van der Waals surface area contributed by atoms with Crippen molar-refractivity contribution in [3.63, 3.8) is 0 Å². The maximum atomic E-state index is 13.2. The second kappa shape index (κ2) is 5.24. The number of aromatic carboxylic acids is 1. The Hall–Kier alpha value is -1.50. The molecule has 1 aromatic heterocycles. The van der Waals surface area contributed by atoms with Gasteiger partial charge in [-0.3, -0.25) is 4.79 Å². The van der Waals surface area contributed by atoms with Crippen LogP contribution in [0.25, 0.3) is 0 Å². The monoisotopic (exact) mass is 289 g/mol. The van der Waals surface area contributed by atoms with Gasteiger partial charge in [0.2, 0.25) is 11.8 Å². The summed E-state index contributed by atoms with van der Waals surface area (Å²) in [5.41, 5.74) is 0.177. The van der Waals surface area contributed by atoms with Crippen molar-refractivity contribution >= 4 is 28.9 Å². The molecule has 1 atom stereocenters. The quantitative estimate of drug-likeness (QED) is 0.898. The Morgan fingerprint density at radius 1 is 1.47 bits per heavy atom. The van der Waals surface area contributed by atoms with Crippen LogP contribution >= 0.6 is 11.3 Å². The molecule has 1 aliphatic carbocycles.